The average molecular weight is 1290 g/mol. The van der Waals surface area contributed by atoms with Crippen LogP contribution in [0.4, 0.5) is 0 Å². The van der Waals surface area contributed by atoms with E-state index in [2.05, 4.69) is 125 Å². The summed E-state index contributed by atoms with van der Waals surface area (Å²) in [4.78, 5) is 97.6. The number of ether oxygens (including phenoxy) is 6. The summed E-state index contributed by atoms with van der Waals surface area (Å²) in [7, 11) is 0. The lowest BCUT2D eigenvalue weighted by atomic mass is 9.58. The van der Waals surface area contributed by atoms with Gasteiger partial charge in [0.1, 0.15) is 33.6 Å². The van der Waals surface area contributed by atoms with E-state index in [0.717, 1.165) is 103 Å². The summed E-state index contributed by atoms with van der Waals surface area (Å²) in [6, 6.07) is 0. The van der Waals surface area contributed by atoms with E-state index in [0.29, 0.717) is 57.8 Å². The van der Waals surface area contributed by atoms with Gasteiger partial charge in [-0.3, -0.25) is 28.8 Å². The standard InChI is InChI=1S/C80H138O12/c1-27-70(22,58(82)88-76(64(5,6)7)42-30-31-43-76)53-72(24,60(84)90-78(66(11,12)13)46-34-35-47-78)55-74(26,62(86)92-80(68(17,18)19)50-38-39-51-80)56-73(25,61(85)91-79(67(14,15)16)48-36-37-49-79)54-71(23,59(83)89-77(65(8,9)10)44-32-33-45-77)52-69(20,21)57(81)87-75(63(2,3)4)40-28-29-41-75/h27-56H2,1-26H3. The summed E-state index contributed by atoms with van der Waals surface area (Å²) in [5, 5.41) is 0. The molecule has 0 amide bonds. The van der Waals surface area contributed by atoms with Crippen LogP contribution < -0.4 is 0 Å². The Bertz CT molecular complexity index is 2620. The smallest absolute Gasteiger partial charge is 0.312 e. The normalized spacial score (nSPS) is 24.8. The van der Waals surface area contributed by atoms with Crippen LogP contribution in [0.1, 0.15) is 373 Å². The fourth-order valence-electron chi connectivity index (χ4n) is 19.2. The van der Waals surface area contributed by atoms with Gasteiger partial charge in [0.15, 0.2) is 0 Å². The molecular formula is C80H138O12. The van der Waals surface area contributed by atoms with Crippen molar-refractivity contribution in [2.24, 2.45) is 65.0 Å². The van der Waals surface area contributed by atoms with Gasteiger partial charge >= 0.3 is 35.8 Å². The maximum absolute atomic E-state index is 16.9. The summed E-state index contributed by atoms with van der Waals surface area (Å²) in [5.74, 6) is -2.93. The lowest BCUT2D eigenvalue weighted by molar-refractivity contribution is -0.203. The Kier molecular flexibility index (Phi) is 22.2. The third-order valence-corrected chi connectivity index (χ3v) is 26.1. The fraction of sp³-hybridized carbons (Fsp3) is 0.925. The molecule has 6 aliphatic rings. The molecule has 5 unspecified atom stereocenters. The van der Waals surface area contributed by atoms with Crippen molar-refractivity contribution in [2.75, 3.05) is 0 Å². The second-order valence-electron chi connectivity index (χ2n) is 40.0. The lowest BCUT2D eigenvalue weighted by Gasteiger charge is -2.51. The summed E-state index contributed by atoms with van der Waals surface area (Å²) >= 11 is 0. The van der Waals surface area contributed by atoms with Crippen LogP contribution >= 0.6 is 0 Å². The molecule has 530 valence electrons. The van der Waals surface area contributed by atoms with Crippen LogP contribution in [-0.4, -0.2) is 69.4 Å². The maximum atomic E-state index is 16.9. The van der Waals surface area contributed by atoms with Crippen LogP contribution in [0.15, 0.2) is 0 Å². The zero-order valence-corrected chi connectivity index (χ0v) is 64.1. The maximum Gasteiger partial charge on any atom is 0.312 e. The van der Waals surface area contributed by atoms with Gasteiger partial charge in [0, 0.05) is 32.5 Å². The molecule has 0 N–H and O–H groups in total. The van der Waals surface area contributed by atoms with E-state index < -0.39 is 118 Å². The highest BCUT2D eigenvalue weighted by Gasteiger charge is 2.64. The molecular weight excluding hydrogens is 1150 g/mol. The van der Waals surface area contributed by atoms with E-state index in [-0.39, 0.29) is 48.9 Å². The van der Waals surface area contributed by atoms with E-state index in [1.807, 2.05) is 55.4 Å². The van der Waals surface area contributed by atoms with Crippen LogP contribution in [0.2, 0.25) is 0 Å². The van der Waals surface area contributed by atoms with Crippen LogP contribution in [-0.2, 0) is 57.2 Å². The van der Waals surface area contributed by atoms with Crippen molar-refractivity contribution in [1.82, 2.24) is 0 Å². The van der Waals surface area contributed by atoms with Gasteiger partial charge in [-0.2, -0.15) is 0 Å². The minimum Gasteiger partial charge on any atom is -0.458 e. The predicted octanol–water partition coefficient (Wildman–Crippen LogP) is 20.8. The predicted molar refractivity (Wildman–Crippen MR) is 368 cm³/mol. The largest absolute Gasteiger partial charge is 0.458 e. The molecule has 6 fully saturated rings. The number of hydrogen-bond donors (Lipinski definition) is 0. The van der Waals surface area contributed by atoms with Crippen molar-refractivity contribution in [3.8, 4) is 0 Å². The molecule has 0 aromatic carbocycles. The number of rotatable bonds is 23. The SMILES string of the molecule is CCC(C)(CC(C)(CC(C)(CC(C)(CC(C)(CC(C)(C)C(=O)OC1(C(C)(C)C)CCCC1)C(=O)OC1(C(C)(C)C)CCCC1)C(=O)OC1(C(C)(C)C)CCCC1)C(=O)OC1(C(C)(C)C)CCCC1)C(=O)OC1(C(C)(C)C)CCCC1)C(=O)OC1(C(C)(C)C)CCCC1. The van der Waals surface area contributed by atoms with Crippen molar-refractivity contribution in [1.29, 1.82) is 0 Å². The number of esters is 6. The van der Waals surface area contributed by atoms with Gasteiger partial charge in [0.2, 0.25) is 0 Å². The first kappa shape index (κ1) is 77.8. The van der Waals surface area contributed by atoms with Gasteiger partial charge in [-0.15, -0.1) is 0 Å². The summed E-state index contributed by atoms with van der Waals surface area (Å²) in [6.07, 6.45) is 18.5. The third-order valence-electron chi connectivity index (χ3n) is 26.1. The van der Waals surface area contributed by atoms with E-state index in [4.69, 9.17) is 28.4 Å². The molecule has 0 aromatic heterocycles. The number of carbonyl (C=O) groups is 6. The lowest BCUT2D eigenvalue weighted by Crippen LogP contribution is -2.55. The Morgan fingerprint density at radius 3 is 0.533 bits per heavy atom. The molecule has 6 rings (SSSR count). The van der Waals surface area contributed by atoms with Gasteiger partial charge < -0.3 is 28.4 Å². The number of carbonyl (C=O) groups excluding carboxylic acids is 6. The van der Waals surface area contributed by atoms with Gasteiger partial charge in [0.05, 0.1) is 32.5 Å². The van der Waals surface area contributed by atoms with Crippen molar-refractivity contribution < 1.29 is 57.2 Å². The van der Waals surface area contributed by atoms with Crippen molar-refractivity contribution in [3.05, 3.63) is 0 Å². The second kappa shape index (κ2) is 26.2. The summed E-state index contributed by atoms with van der Waals surface area (Å²) < 4.78 is 42.7. The Labute approximate surface area is 561 Å². The van der Waals surface area contributed by atoms with Crippen LogP contribution in [0.3, 0.4) is 0 Å². The van der Waals surface area contributed by atoms with E-state index in [1.165, 1.54) is 0 Å². The van der Waals surface area contributed by atoms with E-state index in [9.17, 15) is 0 Å². The van der Waals surface area contributed by atoms with Crippen LogP contribution in [0, 0.1) is 65.0 Å². The zero-order valence-electron chi connectivity index (χ0n) is 64.1. The minimum absolute atomic E-state index is 0.0263. The topological polar surface area (TPSA) is 158 Å². The van der Waals surface area contributed by atoms with Crippen molar-refractivity contribution >= 4 is 35.8 Å². The minimum atomic E-state index is -1.72. The van der Waals surface area contributed by atoms with E-state index in [1.54, 1.807) is 0 Å². The molecule has 0 aliphatic heterocycles. The first-order valence-corrected chi connectivity index (χ1v) is 37.0. The van der Waals surface area contributed by atoms with Gasteiger partial charge in [-0.25, -0.2) is 0 Å². The Hall–Kier alpha value is -3.18. The molecule has 92 heavy (non-hydrogen) atoms. The second-order valence-corrected chi connectivity index (χ2v) is 40.0. The Balaban J connectivity index is 1.65. The first-order valence-electron chi connectivity index (χ1n) is 37.0. The van der Waals surface area contributed by atoms with Gasteiger partial charge in [-0.05, 0) is 241 Å². The molecule has 6 aliphatic carbocycles. The summed E-state index contributed by atoms with van der Waals surface area (Å²) in [5.41, 5.74) is -16.7. The van der Waals surface area contributed by atoms with Gasteiger partial charge in [-0.1, -0.05) is 132 Å². The fourth-order valence-corrected chi connectivity index (χ4v) is 19.2. The van der Waals surface area contributed by atoms with Crippen molar-refractivity contribution in [3.63, 3.8) is 0 Å². The Morgan fingerprint density at radius 1 is 0.228 bits per heavy atom. The van der Waals surface area contributed by atoms with Gasteiger partial charge in [0.25, 0.3) is 0 Å². The van der Waals surface area contributed by atoms with E-state index >= 15 is 28.8 Å². The molecule has 5 atom stereocenters. The molecule has 0 heterocycles. The van der Waals surface area contributed by atoms with Crippen LogP contribution in [0.25, 0.3) is 0 Å². The number of hydrogen-bond acceptors (Lipinski definition) is 12. The monoisotopic (exact) mass is 1290 g/mol. The highest BCUT2D eigenvalue weighted by Crippen LogP contribution is 2.60. The third kappa shape index (κ3) is 15.4. The highest BCUT2D eigenvalue weighted by molar-refractivity contribution is 5.86. The molecule has 0 radical (unpaired) electrons. The molecule has 0 spiro atoms. The Morgan fingerprint density at radius 2 is 0.370 bits per heavy atom. The highest BCUT2D eigenvalue weighted by atomic mass is 16.6. The molecule has 12 nitrogen and oxygen atoms in total. The first-order chi connectivity index (χ1) is 41.6. The van der Waals surface area contributed by atoms with Crippen LogP contribution in [0.5, 0.6) is 0 Å². The molecule has 0 aromatic rings. The molecule has 0 saturated heterocycles. The quantitative estimate of drug-likeness (QED) is 0.0705. The molecule has 12 heteroatoms. The van der Waals surface area contributed by atoms with Crippen molar-refractivity contribution in [2.45, 2.75) is 406 Å². The summed E-state index contributed by atoms with van der Waals surface area (Å²) in [6.45, 7) is 53.3. The molecule has 0 bridgehead atoms. The molecule has 6 saturated carbocycles. The average Bonchev–Trinajstić information content (AvgIpc) is 0.834. The zero-order chi connectivity index (χ0) is 69.9.